The number of rotatable bonds is 0. The molecule has 7 rings (SSSR count). The number of benzene rings is 2. The molecule has 3 aliphatic heterocycles. The maximum atomic E-state index is 13.5. The quantitative estimate of drug-likeness (QED) is 0.428. The molecule has 1 saturated carbocycles. The number of carbonyl (C=O) groups excluding carboxylic acids is 1. The van der Waals surface area contributed by atoms with Crippen LogP contribution in [0.4, 0.5) is 5.69 Å². The average Bonchev–Trinajstić information content (AvgIpc) is 3.11. The molecule has 2 fully saturated rings. The van der Waals surface area contributed by atoms with Gasteiger partial charge in [-0.3, -0.25) is 4.79 Å². The molecule has 2 aromatic carbocycles. The average molecular weight is 628 g/mol. The lowest BCUT2D eigenvalue weighted by Crippen LogP contribution is -2.53. The van der Waals surface area contributed by atoms with Crippen LogP contribution < -0.4 is 14.4 Å². The molecule has 5 aliphatic rings. The topological polar surface area (TPSA) is 108 Å². The molecule has 1 spiro atoms. The van der Waals surface area contributed by atoms with Gasteiger partial charge in [0.05, 0.1) is 37.7 Å². The van der Waals surface area contributed by atoms with Crippen LogP contribution in [0, 0.1) is 11.8 Å². The van der Waals surface area contributed by atoms with Gasteiger partial charge in [0.25, 0.3) is 5.91 Å². The fourth-order valence-electron chi connectivity index (χ4n) is 7.70. The first kappa shape index (κ1) is 29.1. The van der Waals surface area contributed by atoms with E-state index in [9.17, 15) is 18.3 Å². The number of nitrogens with one attached hydrogen (secondary N) is 1. The number of nitrogens with zero attached hydrogens (tertiary/aromatic N) is 2. The van der Waals surface area contributed by atoms with Crippen molar-refractivity contribution in [3.05, 3.63) is 70.3 Å². The highest BCUT2D eigenvalue weighted by Crippen LogP contribution is 2.46. The number of aliphatic hydroxyl groups excluding tert-OH is 1. The van der Waals surface area contributed by atoms with E-state index >= 15 is 0 Å². The Morgan fingerprint density at radius 3 is 2.86 bits per heavy atom. The molecule has 0 unspecified atom stereocenters. The zero-order valence-electron chi connectivity index (χ0n) is 24.1. The van der Waals surface area contributed by atoms with Crippen LogP contribution in [0.1, 0.15) is 53.6 Å². The fraction of sp³-hybridized carbons (Fsp3) is 0.531. The molecule has 11 heteroatoms. The lowest BCUT2D eigenvalue weighted by atomic mass is 9.68. The van der Waals surface area contributed by atoms with Crippen molar-refractivity contribution in [2.75, 3.05) is 44.4 Å². The molecule has 230 valence electrons. The Kier molecular flexibility index (Phi) is 7.70. The van der Waals surface area contributed by atoms with E-state index in [1.54, 1.807) is 24.3 Å². The summed E-state index contributed by atoms with van der Waals surface area (Å²) in [5.41, 5.74) is 3.25. The zero-order valence-corrected chi connectivity index (χ0v) is 25.7. The van der Waals surface area contributed by atoms with E-state index in [2.05, 4.69) is 21.8 Å². The highest BCUT2D eigenvalue weighted by atomic mass is 35.5. The normalized spacial score (nSPS) is 33.1. The van der Waals surface area contributed by atoms with Crippen LogP contribution in [0.25, 0.3) is 0 Å². The Labute approximate surface area is 258 Å². The van der Waals surface area contributed by atoms with Crippen LogP contribution in [0.15, 0.2) is 48.6 Å². The predicted molar refractivity (Wildman–Crippen MR) is 164 cm³/mol. The van der Waals surface area contributed by atoms with Crippen LogP contribution in [0.3, 0.4) is 0 Å². The van der Waals surface area contributed by atoms with Gasteiger partial charge in [0.2, 0.25) is 0 Å². The number of aryl methyl sites for hydroxylation is 1. The summed E-state index contributed by atoms with van der Waals surface area (Å²) in [6.07, 6.45) is 8.30. The van der Waals surface area contributed by atoms with Gasteiger partial charge in [0.1, 0.15) is 5.75 Å². The Balaban J connectivity index is 1.29. The van der Waals surface area contributed by atoms with Crippen molar-refractivity contribution in [3.63, 3.8) is 0 Å². The number of hydrogen-bond donors (Lipinski definition) is 2. The molecule has 2 aromatic rings. The highest BCUT2D eigenvalue weighted by Gasteiger charge is 2.44. The number of amides is 1. The summed E-state index contributed by atoms with van der Waals surface area (Å²) in [6.45, 7) is 2.50. The molecular weight excluding hydrogens is 590 g/mol. The fourth-order valence-corrected chi connectivity index (χ4v) is 9.22. The Morgan fingerprint density at radius 2 is 2.02 bits per heavy atom. The van der Waals surface area contributed by atoms with Gasteiger partial charge in [-0.1, -0.05) is 29.8 Å². The molecule has 0 radical (unpaired) electrons. The minimum atomic E-state index is -4.13. The molecular formula is C32H38ClN3O6S. The molecule has 0 aromatic heterocycles. The maximum Gasteiger partial charge on any atom is 0.304 e. The van der Waals surface area contributed by atoms with Crippen molar-refractivity contribution in [3.8, 4) is 5.75 Å². The SMILES string of the molecule is O=C1NS(=O)(=O)N2CCOC[C@H]2C/C=C/[C@H](O)[C@@H]2CC[C@H]2CN2C[C@@]3(CCCc4cc(Cl)ccc43)COc3ccc1cc32. The second-order valence-electron chi connectivity index (χ2n) is 12.7. The molecule has 1 saturated heterocycles. The molecule has 9 nitrogen and oxygen atoms in total. The van der Waals surface area contributed by atoms with E-state index < -0.39 is 28.3 Å². The summed E-state index contributed by atoms with van der Waals surface area (Å²) in [7, 11) is -4.13. The van der Waals surface area contributed by atoms with Crippen LogP contribution in [-0.2, 0) is 26.8 Å². The summed E-state index contributed by atoms with van der Waals surface area (Å²) >= 11 is 6.39. The van der Waals surface area contributed by atoms with E-state index in [0.29, 0.717) is 31.9 Å². The molecule has 43 heavy (non-hydrogen) atoms. The van der Waals surface area contributed by atoms with Gasteiger partial charge < -0.3 is 19.5 Å². The van der Waals surface area contributed by atoms with Gasteiger partial charge in [-0.25, -0.2) is 4.72 Å². The van der Waals surface area contributed by atoms with Gasteiger partial charge in [0.15, 0.2) is 0 Å². The molecule has 2 aliphatic carbocycles. The third-order valence-electron chi connectivity index (χ3n) is 10.1. The van der Waals surface area contributed by atoms with Crippen LogP contribution in [0.2, 0.25) is 5.02 Å². The first-order chi connectivity index (χ1) is 20.7. The van der Waals surface area contributed by atoms with Crippen LogP contribution in [-0.4, -0.2) is 75.3 Å². The molecule has 2 N–H and O–H groups in total. The Hall–Kier alpha value is -2.63. The summed E-state index contributed by atoms with van der Waals surface area (Å²) in [6, 6.07) is 10.9. The number of carbonyl (C=O) groups is 1. The van der Waals surface area contributed by atoms with Crippen molar-refractivity contribution in [1.82, 2.24) is 9.03 Å². The van der Waals surface area contributed by atoms with E-state index in [1.807, 2.05) is 12.1 Å². The van der Waals surface area contributed by atoms with E-state index in [-0.39, 0.29) is 42.6 Å². The molecule has 2 bridgehead atoms. The molecule has 1 amide bonds. The number of hydrogen-bond acceptors (Lipinski definition) is 7. The second-order valence-corrected chi connectivity index (χ2v) is 14.8. The molecule has 5 atom stereocenters. The number of halogens is 1. The Bertz CT molecular complexity index is 1550. The standard InChI is InChI=1S/C32H38ClN3O6S/c33-24-8-10-27-21(15-24)3-2-12-32(27)19-35-17-23-6-9-26(23)29(37)5-1-4-25-18-41-14-13-36(25)43(39,40)34-31(38)22-7-11-30(42-20-32)28(35)16-22/h1,5,7-8,10-11,15-16,23,25-26,29,37H,2-4,6,9,12-14,17-20H2,(H,34,38)/b5-1+/t23-,25+,26+,29-,32-/m0/s1. The van der Waals surface area contributed by atoms with E-state index in [0.717, 1.165) is 42.8 Å². The summed E-state index contributed by atoms with van der Waals surface area (Å²) in [5.74, 6) is 0.350. The maximum absolute atomic E-state index is 13.5. The monoisotopic (exact) mass is 627 g/mol. The van der Waals surface area contributed by atoms with Gasteiger partial charge >= 0.3 is 10.2 Å². The summed E-state index contributed by atoms with van der Waals surface area (Å²) in [4.78, 5) is 15.8. The third kappa shape index (κ3) is 5.46. The van der Waals surface area contributed by atoms with Gasteiger partial charge in [0, 0.05) is 35.6 Å². The summed E-state index contributed by atoms with van der Waals surface area (Å²) < 4.78 is 42.5. The first-order valence-corrected chi connectivity index (χ1v) is 17.1. The predicted octanol–water partition coefficient (Wildman–Crippen LogP) is 3.84. The highest BCUT2D eigenvalue weighted by molar-refractivity contribution is 7.87. The zero-order chi connectivity index (χ0) is 29.8. The van der Waals surface area contributed by atoms with Gasteiger partial charge in [-0.2, -0.15) is 12.7 Å². The van der Waals surface area contributed by atoms with Crippen molar-refractivity contribution >= 4 is 33.4 Å². The van der Waals surface area contributed by atoms with Gasteiger partial charge in [-0.05, 0) is 91.8 Å². The van der Waals surface area contributed by atoms with Crippen molar-refractivity contribution in [1.29, 1.82) is 0 Å². The number of aliphatic hydroxyl groups is 1. The first-order valence-electron chi connectivity index (χ1n) is 15.3. The largest absolute Gasteiger partial charge is 0.490 e. The van der Waals surface area contributed by atoms with Crippen molar-refractivity contribution in [2.45, 2.75) is 56.1 Å². The Morgan fingerprint density at radius 1 is 1.14 bits per heavy atom. The smallest absolute Gasteiger partial charge is 0.304 e. The number of ether oxygens (including phenoxy) is 2. The minimum Gasteiger partial charge on any atom is -0.490 e. The lowest BCUT2D eigenvalue weighted by molar-refractivity contribution is 0.0321. The van der Waals surface area contributed by atoms with E-state index in [4.69, 9.17) is 21.1 Å². The van der Waals surface area contributed by atoms with Crippen molar-refractivity contribution in [2.24, 2.45) is 11.8 Å². The molecule has 3 heterocycles. The van der Waals surface area contributed by atoms with Crippen LogP contribution >= 0.6 is 11.6 Å². The third-order valence-corrected chi connectivity index (χ3v) is 11.9. The van der Waals surface area contributed by atoms with Crippen LogP contribution in [0.5, 0.6) is 5.75 Å². The van der Waals surface area contributed by atoms with Gasteiger partial charge in [-0.15, -0.1) is 0 Å². The van der Waals surface area contributed by atoms with Crippen molar-refractivity contribution < 1.29 is 27.8 Å². The summed E-state index contributed by atoms with van der Waals surface area (Å²) in [5, 5.41) is 11.9. The minimum absolute atomic E-state index is 0.0964. The number of anilines is 1. The number of fused-ring (bicyclic) bond motifs is 5. The second kappa shape index (κ2) is 11.4. The number of morpholine rings is 1. The van der Waals surface area contributed by atoms with E-state index in [1.165, 1.54) is 15.4 Å². The lowest BCUT2D eigenvalue weighted by Gasteiger charge is -2.45.